The van der Waals surface area contributed by atoms with E-state index in [0.717, 1.165) is 16.5 Å². The third-order valence-electron chi connectivity index (χ3n) is 4.73. The first-order valence-electron chi connectivity index (χ1n) is 9.33. The van der Waals surface area contributed by atoms with Crippen molar-refractivity contribution in [3.8, 4) is 0 Å². The lowest BCUT2D eigenvalue weighted by Crippen LogP contribution is -2.48. The number of H-pyrrole nitrogens is 1. The number of amides is 2. The SMILES string of the molecule is CCN(Cc1cccc(F)c1)C(=O)C(Cc1c[nH]c2ccccc12)NC(C)=O. The van der Waals surface area contributed by atoms with Crippen LogP contribution in [-0.4, -0.2) is 34.3 Å². The summed E-state index contributed by atoms with van der Waals surface area (Å²) in [5.41, 5.74) is 2.66. The van der Waals surface area contributed by atoms with Gasteiger partial charge in [0.1, 0.15) is 11.9 Å². The number of hydrogen-bond acceptors (Lipinski definition) is 2. The fourth-order valence-electron chi connectivity index (χ4n) is 3.39. The van der Waals surface area contributed by atoms with E-state index in [4.69, 9.17) is 0 Å². The van der Waals surface area contributed by atoms with Crippen LogP contribution in [0.4, 0.5) is 4.39 Å². The van der Waals surface area contributed by atoms with Gasteiger partial charge in [-0.3, -0.25) is 9.59 Å². The number of carbonyl (C=O) groups excluding carboxylic acids is 2. The van der Waals surface area contributed by atoms with Crippen molar-refractivity contribution in [2.45, 2.75) is 32.9 Å². The molecule has 1 atom stereocenters. The van der Waals surface area contributed by atoms with Gasteiger partial charge in [-0.25, -0.2) is 4.39 Å². The zero-order chi connectivity index (χ0) is 20.1. The van der Waals surface area contributed by atoms with Crippen LogP contribution in [0.3, 0.4) is 0 Å². The van der Waals surface area contributed by atoms with Crippen LogP contribution in [0.5, 0.6) is 0 Å². The summed E-state index contributed by atoms with van der Waals surface area (Å²) in [5, 5.41) is 3.80. The molecule has 0 saturated carbocycles. The Morgan fingerprint density at radius 2 is 1.96 bits per heavy atom. The highest BCUT2D eigenvalue weighted by atomic mass is 19.1. The molecule has 2 N–H and O–H groups in total. The highest BCUT2D eigenvalue weighted by Gasteiger charge is 2.26. The largest absolute Gasteiger partial charge is 0.361 e. The number of nitrogens with zero attached hydrogens (tertiary/aromatic N) is 1. The second-order valence-electron chi connectivity index (χ2n) is 6.80. The molecular weight excluding hydrogens is 357 g/mol. The number of aromatic nitrogens is 1. The third kappa shape index (κ3) is 4.57. The standard InChI is InChI=1S/C22H24FN3O2/c1-3-26(14-16-7-6-8-18(23)11-16)22(28)21(25-15(2)27)12-17-13-24-20-10-5-4-9-19(17)20/h4-11,13,21,24H,3,12,14H2,1-2H3,(H,25,27). The lowest BCUT2D eigenvalue weighted by molar-refractivity contribution is -0.136. The fourth-order valence-corrected chi connectivity index (χ4v) is 3.39. The Labute approximate surface area is 163 Å². The van der Waals surface area contributed by atoms with Crippen molar-refractivity contribution in [2.75, 3.05) is 6.54 Å². The number of carbonyl (C=O) groups is 2. The molecule has 5 nitrogen and oxygen atoms in total. The maximum Gasteiger partial charge on any atom is 0.245 e. The average molecular weight is 381 g/mol. The Morgan fingerprint density at radius 1 is 1.18 bits per heavy atom. The Kier molecular flexibility index (Phi) is 6.09. The smallest absolute Gasteiger partial charge is 0.245 e. The Hall–Kier alpha value is -3.15. The molecule has 0 aliphatic rings. The minimum Gasteiger partial charge on any atom is -0.361 e. The second kappa shape index (κ2) is 8.69. The quantitative estimate of drug-likeness (QED) is 0.659. The molecule has 0 bridgehead atoms. The molecule has 28 heavy (non-hydrogen) atoms. The van der Waals surface area contributed by atoms with E-state index in [1.54, 1.807) is 17.0 Å². The molecule has 6 heteroatoms. The van der Waals surface area contributed by atoms with E-state index in [0.29, 0.717) is 18.5 Å². The summed E-state index contributed by atoms with van der Waals surface area (Å²) in [6, 6.07) is 13.4. The molecule has 146 valence electrons. The minimum absolute atomic E-state index is 0.188. The maximum atomic E-state index is 13.5. The van der Waals surface area contributed by atoms with Crippen LogP contribution in [0.25, 0.3) is 10.9 Å². The molecule has 1 unspecified atom stereocenters. The number of rotatable bonds is 7. The number of halogens is 1. The summed E-state index contributed by atoms with van der Waals surface area (Å²) in [5.74, 6) is -0.787. The zero-order valence-corrected chi connectivity index (χ0v) is 16.0. The van der Waals surface area contributed by atoms with E-state index in [9.17, 15) is 14.0 Å². The lowest BCUT2D eigenvalue weighted by Gasteiger charge is -2.27. The number of hydrogen-bond donors (Lipinski definition) is 2. The van der Waals surface area contributed by atoms with Crippen LogP contribution in [-0.2, 0) is 22.6 Å². The van der Waals surface area contributed by atoms with Crippen molar-refractivity contribution in [1.29, 1.82) is 0 Å². The van der Waals surface area contributed by atoms with E-state index in [1.807, 2.05) is 37.4 Å². The van der Waals surface area contributed by atoms with Crippen molar-refractivity contribution < 1.29 is 14.0 Å². The van der Waals surface area contributed by atoms with Crippen LogP contribution in [0, 0.1) is 5.82 Å². The van der Waals surface area contributed by atoms with Gasteiger partial charge in [-0.2, -0.15) is 0 Å². The van der Waals surface area contributed by atoms with Gasteiger partial charge in [-0.05, 0) is 36.2 Å². The Bertz CT molecular complexity index is 983. The van der Waals surface area contributed by atoms with Crippen LogP contribution in [0.1, 0.15) is 25.0 Å². The van der Waals surface area contributed by atoms with Gasteiger partial charge in [-0.1, -0.05) is 30.3 Å². The predicted molar refractivity (Wildman–Crippen MR) is 107 cm³/mol. The zero-order valence-electron chi connectivity index (χ0n) is 16.0. The first kappa shape index (κ1) is 19.6. The van der Waals surface area contributed by atoms with Gasteiger partial charge in [0.05, 0.1) is 0 Å². The predicted octanol–water partition coefficient (Wildman–Crippen LogP) is 3.40. The summed E-state index contributed by atoms with van der Waals surface area (Å²) < 4.78 is 13.5. The normalized spacial score (nSPS) is 12.0. The molecule has 3 aromatic rings. The molecule has 3 rings (SSSR count). The third-order valence-corrected chi connectivity index (χ3v) is 4.73. The summed E-state index contributed by atoms with van der Waals surface area (Å²) in [6.45, 7) is 4.02. The average Bonchev–Trinajstić information content (AvgIpc) is 3.08. The van der Waals surface area contributed by atoms with E-state index in [2.05, 4.69) is 10.3 Å². The van der Waals surface area contributed by atoms with Crippen molar-refractivity contribution in [2.24, 2.45) is 0 Å². The monoisotopic (exact) mass is 381 g/mol. The summed E-state index contributed by atoms with van der Waals surface area (Å²) >= 11 is 0. The number of nitrogens with one attached hydrogen (secondary N) is 2. The van der Waals surface area contributed by atoms with Gasteiger partial charge in [0, 0.05) is 43.5 Å². The Balaban J connectivity index is 1.82. The number of fused-ring (bicyclic) bond motifs is 1. The van der Waals surface area contributed by atoms with Crippen LogP contribution in [0.2, 0.25) is 0 Å². The van der Waals surface area contributed by atoms with Crippen molar-refractivity contribution in [3.05, 3.63) is 71.7 Å². The van der Waals surface area contributed by atoms with Gasteiger partial charge in [0.15, 0.2) is 0 Å². The van der Waals surface area contributed by atoms with Crippen molar-refractivity contribution in [3.63, 3.8) is 0 Å². The van der Waals surface area contributed by atoms with Crippen LogP contribution >= 0.6 is 0 Å². The molecule has 0 saturated heterocycles. The highest BCUT2D eigenvalue weighted by Crippen LogP contribution is 2.20. The molecule has 2 amide bonds. The van der Waals surface area contributed by atoms with E-state index in [1.165, 1.54) is 19.1 Å². The molecule has 0 fully saturated rings. The van der Waals surface area contributed by atoms with Gasteiger partial charge >= 0.3 is 0 Å². The Morgan fingerprint density at radius 3 is 2.68 bits per heavy atom. The number of benzene rings is 2. The van der Waals surface area contributed by atoms with Crippen LogP contribution in [0.15, 0.2) is 54.7 Å². The van der Waals surface area contributed by atoms with Gasteiger partial charge in [0.2, 0.25) is 11.8 Å². The minimum atomic E-state index is -0.690. The molecule has 1 heterocycles. The van der Waals surface area contributed by atoms with Crippen LogP contribution < -0.4 is 5.32 Å². The number of para-hydroxylation sites is 1. The molecule has 1 aromatic heterocycles. The highest BCUT2D eigenvalue weighted by molar-refractivity contribution is 5.89. The molecule has 0 aliphatic carbocycles. The van der Waals surface area contributed by atoms with E-state index < -0.39 is 6.04 Å². The second-order valence-corrected chi connectivity index (χ2v) is 6.80. The first-order chi connectivity index (χ1) is 13.5. The fraction of sp³-hybridized carbons (Fsp3) is 0.273. The van der Waals surface area contributed by atoms with E-state index in [-0.39, 0.29) is 24.2 Å². The van der Waals surface area contributed by atoms with Gasteiger partial charge in [-0.15, -0.1) is 0 Å². The molecular formula is C22H24FN3O2. The first-order valence-corrected chi connectivity index (χ1v) is 9.33. The van der Waals surface area contributed by atoms with Crippen molar-refractivity contribution >= 4 is 22.7 Å². The number of aromatic amines is 1. The summed E-state index contributed by atoms with van der Waals surface area (Å²) in [7, 11) is 0. The van der Waals surface area contributed by atoms with Gasteiger partial charge in [0.25, 0.3) is 0 Å². The lowest BCUT2D eigenvalue weighted by atomic mass is 10.0. The summed E-state index contributed by atoms with van der Waals surface area (Å²) in [6.07, 6.45) is 2.25. The summed E-state index contributed by atoms with van der Waals surface area (Å²) in [4.78, 5) is 29.7. The number of likely N-dealkylation sites (N-methyl/N-ethyl adjacent to an activating group) is 1. The molecule has 0 aliphatic heterocycles. The van der Waals surface area contributed by atoms with Gasteiger partial charge < -0.3 is 15.2 Å². The molecule has 0 radical (unpaired) electrons. The maximum absolute atomic E-state index is 13.5. The van der Waals surface area contributed by atoms with Crippen molar-refractivity contribution in [1.82, 2.24) is 15.2 Å². The molecule has 2 aromatic carbocycles. The topological polar surface area (TPSA) is 65.2 Å². The molecule has 0 spiro atoms. The van der Waals surface area contributed by atoms with E-state index >= 15 is 0 Å².